The number of aryl methyl sites for hydroxylation is 2. The molecule has 0 aliphatic carbocycles. The van der Waals surface area contributed by atoms with Gasteiger partial charge >= 0.3 is 0 Å². The molecule has 1 aromatic carbocycles. The van der Waals surface area contributed by atoms with Gasteiger partial charge in [-0.15, -0.1) is 0 Å². The van der Waals surface area contributed by atoms with E-state index in [0.29, 0.717) is 11.1 Å². The molecule has 3 aromatic heterocycles. The molecule has 0 radical (unpaired) electrons. The number of hydrogen-bond donors (Lipinski definition) is 2. The van der Waals surface area contributed by atoms with Crippen molar-refractivity contribution >= 4 is 27.4 Å². The van der Waals surface area contributed by atoms with Crippen LogP contribution >= 0.6 is 15.9 Å². The van der Waals surface area contributed by atoms with E-state index in [4.69, 9.17) is 4.74 Å². The zero-order chi connectivity index (χ0) is 23.7. The molecule has 0 spiro atoms. The van der Waals surface area contributed by atoms with Crippen molar-refractivity contribution in [3.63, 3.8) is 0 Å². The van der Waals surface area contributed by atoms with Crippen LogP contribution in [0.15, 0.2) is 64.0 Å². The summed E-state index contributed by atoms with van der Waals surface area (Å²) in [6.45, 7) is 5.80. The molecule has 7 heteroatoms. The molecule has 0 saturated carbocycles. The number of halogens is 1. The lowest BCUT2D eigenvalue weighted by molar-refractivity contribution is 0.0949. The molecule has 0 saturated heterocycles. The number of H-pyrrole nitrogens is 1. The fourth-order valence-electron chi connectivity index (χ4n) is 4.27. The number of methoxy groups -OCH3 is 1. The van der Waals surface area contributed by atoms with Gasteiger partial charge in [0.05, 0.1) is 5.69 Å². The van der Waals surface area contributed by atoms with Gasteiger partial charge in [-0.25, -0.2) is 0 Å². The quantitative estimate of drug-likeness (QED) is 0.386. The van der Waals surface area contributed by atoms with Gasteiger partial charge in [-0.3, -0.25) is 9.59 Å². The summed E-state index contributed by atoms with van der Waals surface area (Å²) in [5.41, 5.74) is 6.16. The Morgan fingerprint density at radius 3 is 2.55 bits per heavy atom. The largest absolute Gasteiger partial charge is 0.370 e. The lowest BCUT2D eigenvalue weighted by Crippen LogP contribution is -2.29. The van der Waals surface area contributed by atoms with Crippen molar-refractivity contribution in [2.75, 3.05) is 7.11 Å². The summed E-state index contributed by atoms with van der Waals surface area (Å²) < 4.78 is 8.95. The average Bonchev–Trinajstić information content (AvgIpc) is 3.24. The van der Waals surface area contributed by atoms with Crippen molar-refractivity contribution < 1.29 is 9.53 Å². The number of rotatable bonds is 6. The van der Waals surface area contributed by atoms with Crippen LogP contribution in [-0.4, -0.2) is 22.4 Å². The van der Waals surface area contributed by atoms with Crippen LogP contribution < -0.4 is 10.9 Å². The van der Waals surface area contributed by atoms with E-state index in [9.17, 15) is 9.59 Å². The van der Waals surface area contributed by atoms with Crippen molar-refractivity contribution in [1.29, 1.82) is 0 Å². The predicted octanol–water partition coefficient (Wildman–Crippen LogP) is 4.98. The molecule has 1 amide bonds. The Hall–Kier alpha value is -3.16. The first-order valence-electron chi connectivity index (χ1n) is 10.7. The normalized spacial score (nSPS) is 12.2. The van der Waals surface area contributed by atoms with Crippen LogP contribution in [0, 0.1) is 20.8 Å². The minimum absolute atomic E-state index is 0.154. The molecule has 0 bridgehead atoms. The number of nitrogens with one attached hydrogen (secondary N) is 2. The van der Waals surface area contributed by atoms with E-state index in [1.54, 1.807) is 7.11 Å². The molecular weight excluding hydrogens is 482 g/mol. The highest BCUT2D eigenvalue weighted by Crippen LogP contribution is 2.32. The Morgan fingerprint density at radius 2 is 1.88 bits per heavy atom. The molecule has 6 nitrogen and oxygen atoms in total. The second kappa shape index (κ2) is 9.37. The monoisotopic (exact) mass is 507 g/mol. The summed E-state index contributed by atoms with van der Waals surface area (Å²) in [7, 11) is 1.67. The third-order valence-electron chi connectivity index (χ3n) is 5.94. The van der Waals surface area contributed by atoms with Crippen molar-refractivity contribution in [2.45, 2.75) is 33.4 Å². The molecule has 2 N–H and O–H groups in total. The highest BCUT2D eigenvalue weighted by atomic mass is 79.9. The van der Waals surface area contributed by atoms with E-state index >= 15 is 0 Å². The van der Waals surface area contributed by atoms with Crippen molar-refractivity contribution in [3.05, 3.63) is 109 Å². The number of pyridine rings is 2. The van der Waals surface area contributed by atoms with E-state index in [2.05, 4.69) is 30.6 Å². The Kier molecular flexibility index (Phi) is 6.54. The third-order valence-corrected chi connectivity index (χ3v) is 6.47. The molecule has 0 fully saturated rings. The summed E-state index contributed by atoms with van der Waals surface area (Å²) in [5, 5.41) is 2.93. The first kappa shape index (κ1) is 23.0. The Balaban J connectivity index is 1.73. The molecule has 0 aliphatic heterocycles. The first-order valence-corrected chi connectivity index (χ1v) is 11.5. The number of ether oxygens (including phenoxy) is 1. The molecule has 170 valence electrons. The zero-order valence-corrected chi connectivity index (χ0v) is 20.6. The SMILES string of the molecule is COC(c1ccc(Br)cc1)c1c(C)c(C(=O)NCc2c(C)cc(C)[nH]c2=O)cc2cccn12. The zero-order valence-electron chi connectivity index (χ0n) is 19.0. The molecule has 1 unspecified atom stereocenters. The van der Waals surface area contributed by atoms with Crippen LogP contribution in [0.5, 0.6) is 0 Å². The second-order valence-electron chi connectivity index (χ2n) is 8.16. The summed E-state index contributed by atoms with van der Waals surface area (Å²) in [6.07, 6.45) is 1.61. The van der Waals surface area contributed by atoms with E-state index in [0.717, 1.165) is 38.1 Å². The third kappa shape index (κ3) is 4.51. The molecule has 4 rings (SSSR count). The van der Waals surface area contributed by atoms with Gasteiger partial charge in [0.2, 0.25) is 0 Å². The summed E-state index contributed by atoms with van der Waals surface area (Å²) >= 11 is 3.48. The van der Waals surface area contributed by atoms with Crippen LogP contribution in [0.4, 0.5) is 0 Å². The van der Waals surface area contributed by atoms with Gasteiger partial charge in [-0.2, -0.15) is 0 Å². The van der Waals surface area contributed by atoms with Gasteiger partial charge in [-0.05, 0) is 73.9 Å². The molecule has 3 heterocycles. The van der Waals surface area contributed by atoms with Gasteiger partial charge in [0, 0.05) is 46.7 Å². The van der Waals surface area contributed by atoms with Crippen LogP contribution in [0.2, 0.25) is 0 Å². The predicted molar refractivity (Wildman–Crippen MR) is 133 cm³/mol. The molecular formula is C26H26BrN3O3. The van der Waals surface area contributed by atoms with Crippen molar-refractivity contribution in [3.8, 4) is 0 Å². The number of amides is 1. The summed E-state index contributed by atoms with van der Waals surface area (Å²) in [4.78, 5) is 28.4. The number of benzene rings is 1. The number of aromatic amines is 1. The van der Waals surface area contributed by atoms with Gasteiger partial charge in [0.1, 0.15) is 6.10 Å². The van der Waals surface area contributed by atoms with Crippen molar-refractivity contribution in [1.82, 2.24) is 14.7 Å². The maximum Gasteiger partial charge on any atom is 0.253 e. The number of fused-ring (bicyclic) bond motifs is 1. The highest BCUT2D eigenvalue weighted by molar-refractivity contribution is 9.10. The standard InChI is InChI=1S/C26H26BrN3O3/c1-15-12-16(2)29-26(32)22(15)14-28-25(31)21-13-20-6-5-11-30(20)23(17(21)3)24(33-4)18-7-9-19(27)10-8-18/h5-13,24H,14H2,1-4H3,(H,28,31)(H,29,32). The van der Waals surface area contributed by atoms with Gasteiger partial charge in [0.15, 0.2) is 0 Å². The highest BCUT2D eigenvalue weighted by Gasteiger charge is 2.23. The number of nitrogens with zero attached hydrogens (tertiary/aromatic N) is 1. The minimum Gasteiger partial charge on any atom is -0.370 e. The van der Waals surface area contributed by atoms with Gasteiger partial charge in [-0.1, -0.05) is 28.1 Å². The topological polar surface area (TPSA) is 75.6 Å². The fourth-order valence-corrected chi connectivity index (χ4v) is 4.54. The lowest BCUT2D eigenvalue weighted by Gasteiger charge is -2.22. The Labute approximate surface area is 200 Å². The molecule has 1 atom stereocenters. The minimum atomic E-state index is -0.358. The smallest absolute Gasteiger partial charge is 0.253 e. The molecule has 33 heavy (non-hydrogen) atoms. The van der Waals surface area contributed by atoms with Crippen LogP contribution in [0.1, 0.15) is 50.1 Å². The van der Waals surface area contributed by atoms with Crippen molar-refractivity contribution in [2.24, 2.45) is 0 Å². The summed E-state index contributed by atoms with van der Waals surface area (Å²) in [5.74, 6) is -0.234. The Morgan fingerprint density at radius 1 is 1.15 bits per heavy atom. The molecule has 0 aliphatic rings. The fraction of sp³-hybridized carbons (Fsp3) is 0.231. The number of carbonyl (C=O) groups excluding carboxylic acids is 1. The molecule has 4 aromatic rings. The van der Waals surface area contributed by atoms with Crippen LogP contribution in [0.3, 0.4) is 0 Å². The lowest BCUT2D eigenvalue weighted by atomic mass is 9.98. The van der Waals surface area contributed by atoms with Gasteiger partial charge in [0.25, 0.3) is 11.5 Å². The van der Waals surface area contributed by atoms with Gasteiger partial charge < -0.3 is 19.4 Å². The van der Waals surface area contributed by atoms with E-state index < -0.39 is 0 Å². The number of aromatic nitrogens is 2. The Bertz CT molecular complexity index is 1390. The second-order valence-corrected chi connectivity index (χ2v) is 9.08. The average molecular weight is 508 g/mol. The van der Waals surface area contributed by atoms with Crippen LogP contribution in [0.25, 0.3) is 5.52 Å². The maximum atomic E-state index is 13.3. The van der Waals surface area contributed by atoms with E-state index in [-0.39, 0.29) is 24.1 Å². The maximum absolute atomic E-state index is 13.3. The van der Waals surface area contributed by atoms with E-state index in [1.807, 2.05) is 75.5 Å². The van der Waals surface area contributed by atoms with Crippen LogP contribution in [-0.2, 0) is 11.3 Å². The number of carbonyl (C=O) groups is 1. The number of hydrogen-bond acceptors (Lipinski definition) is 3. The first-order chi connectivity index (χ1) is 15.8. The van der Waals surface area contributed by atoms with E-state index in [1.165, 1.54) is 0 Å². The summed E-state index contributed by atoms with van der Waals surface area (Å²) in [6, 6.07) is 15.6.